The number of carbonyl (C=O) groups excluding carboxylic acids is 1. The molecule has 1 aliphatic rings. The van der Waals surface area contributed by atoms with Crippen LogP contribution in [0.15, 0.2) is 53.4 Å². The fraction of sp³-hybridized carbons (Fsp3) is 0.350. The van der Waals surface area contributed by atoms with Crippen LogP contribution in [-0.2, 0) is 4.79 Å². The zero-order valence-corrected chi connectivity index (χ0v) is 15.9. The number of ether oxygens (including phenoxy) is 1. The average Bonchev–Trinajstić information content (AvgIpc) is 3.13. The van der Waals surface area contributed by atoms with Gasteiger partial charge in [0.05, 0.1) is 13.2 Å². The van der Waals surface area contributed by atoms with Crippen molar-refractivity contribution >= 4 is 29.3 Å². The highest BCUT2D eigenvalue weighted by Gasteiger charge is 2.29. The number of likely N-dealkylation sites (tertiary alicyclic amines) is 1. The third-order valence-electron chi connectivity index (χ3n) is 4.45. The molecule has 2 aromatic rings. The van der Waals surface area contributed by atoms with E-state index in [0.717, 1.165) is 46.4 Å². The summed E-state index contributed by atoms with van der Waals surface area (Å²) in [4.78, 5) is 15.9. The third-order valence-corrected chi connectivity index (χ3v) is 5.72. The summed E-state index contributed by atoms with van der Waals surface area (Å²) in [5, 5.41) is 0.735. The van der Waals surface area contributed by atoms with Gasteiger partial charge in [-0.15, -0.1) is 11.8 Å². The Balaban J connectivity index is 1.57. The summed E-state index contributed by atoms with van der Waals surface area (Å²) >= 11 is 7.59. The van der Waals surface area contributed by atoms with Gasteiger partial charge in [0.15, 0.2) is 0 Å². The molecule has 1 fully saturated rings. The van der Waals surface area contributed by atoms with Crippen molar-refractivity contribution in [2.24, 2.45) is 0 Å². The molecule has 3 rings (SSSR count). The zero-order valence-electron chi connectivity index (χ0n) is 14.3. The molecule has 5 heteroatoms. The Labute approximate surface area is 158 Å². The van der Waals surface area contributed by atoms with Gasteiger partial charge in [-0.05, 0) is 54.8 Å². The van der Waals surface area contributed by atoms with Gasteiger partial charge in [-0.25, -0.2) is 0 Å². The van der Waals surface area contributed by atoms with Crippen molar-refractivity contribution in [2.75, 3.05) is 19.4 Å². The fourth-order valence-electron chi connectivity index (χ4n) is 3.19. The number of thioether (sulfide) groups is 1. The van der Waals surface area contributed by atoms with E-state index in [-0.39, 0.29) is 11.9 Å². The SMILES string of the molecule is COc1cccc(C2CCCN2C(=O)CCSc2ccc(Cl)cc2)c1. The average molecular weight is 376 g/mol. The molecule has 0 aromatic heterocycles. The van der Waals surface area contributed by atoms with Crippen LogP contribution in [0.2, 0.25) is 5.02 Å². The molecule has 1 aliphatic heterocycles. The molecule has 1 amide bonds. The Hall–Kier alpha value is -1.65. The van der Waals surface area contributed by atoms with Gasteiger partial charge in [-0.2, -0.15) is 0 Å². The molecular weight excluding hydrogens is 354 g/mol. The van der Waals surface area contributed by atoms with E-state index >= 15 is 0 Å². The Morgan fingerprint density at radius 3 is 2.84 bits per heavy atom. The summed E-state index contributed by atoms with van der Waals surface area (Å²) in [7, 11) is 1.67. The fourth-order valence-corrected chi connectivity index (χ4v) is 4.16. The van der Waals surface area contributed by atoms with Crippen molar-refractivity contribution < 1.29 is 9.53 Å². The van der Waals surface area contributed by atoms with Crippen LogP contribution < -0.4 is 4.74 Å². The van der Waals surface area contributed by atoms with Crippen LogP contribution >= 0.6 is 23.4 Å². The van der Waals surface area contributed by atoms with E-state index < -0.39 is 0 Å². The Morgan fingerprint density at radius 1 is 1.28 bits per heavy atom. The molecule has 0 saturated carbocycles. The number of carbonyl (C=O) groups is 1. The van der Waals surface area contributed by atoms with E-state index in [1.54, 1.807) is 18.9 Å². The van der Waals surface area contributed by atoms with Crippen LogP contribution in [0.1, 0.15) is 30.9 Å². The highest BCUT2D eigenvalue weighted by Crippen LogP contribution is 2.34. The maximum absolute atomic E-state index is 12.7. The van der Waals surface area contributed by atoms with Crippen molar-refractivity contribution in [1.82, 2.24) is 4.90 Å². The maximum atomic E-state index is 12.7. The first kappa shape index (κ1) is 18.2. The standard InChI is InChI=1S/C20H22ClNO2S/c1-24-17-5-2-4-15(14-17)19-6-3-12-22(19)20(23)11-13-25-18-9-7-16(21)8-10-18/h2,4-5,7-10,14,19H,3,6,11-13H2,1H3. The minimum Gasteiger partial charge on any atom is -0.497 e. The van der Waals surface area contributed by atoms with Gasteiger partial charge < -0.3 is 9.64 Å². The number of methoxy groups -OCH3 is 1. The van der Waals surface area contributed by atoms with E-state index in [4.69, 9.17) is 16.3 Å². The highest BCUT2D eigenvalue weighted by molar-refractivity contribution is 7.99. The van der Waals surface area contributed by atoms with E-state index in [1.807, 2.05) is 47.4 Å². The second-order valence-corrected chi connectivity index (χ2v) is 7.68. The van der Waals surface area contributed by atoms with Gasteiger partial charge in [0.2, 0.25) is 5.91 Å². The molecule has 3 nitrogen and oxygen atoms in total. The number of rotatable bonds is 6. The van der Waals surface area contributed by atoms with Crippen molar-refractivity contribution in [3.05, 3.63) is 59.1 Å². The van der Waals surface area contributed by atoms with Crippen LogP contribution in [-0.4, -0.2) is 30.2 Å². The summed E-state index contributed by atoms with van der Waals surface area (Å²) < 4.78 is 5.32. The van der Waals surface area contributed by atoms with E-state index in [0.29, 0.717) is 6.42 Å². The lowest BCUT2D eigenvalue weighted by molar-refractivity contribution is -0.131. The van der Waals surface area contributed by atoms with E-state index in [9.17, 15) is 4.79 Å². The molecule has 1 atom stereocenters. The molecular formula is C20H22ClNO2S. The van der Waals surface area contributed by atoms with E-state index in [1.165, 1.54) is 0 Å². The topological polar surface area (TPSA) is 29.5 Å². The predicted octanol–water partition coefficient (Wildman–Crippen LogP) is 5.19. The zero-order chi connectivity index (χ0) is 17.6. The second-order valence-electron chi connectivity index (χ2n) is 6.07. The molecule has 1 saturated heterocycles. The number of amides is 1. The lowest BCUT2D eigenvalue weighted by Gasteiger charge is -2.25. The second kappa shape index (κ2) is 8.63. The molecule has 1 unspecified atom stereocenters. The number of nitrogens with zero attached hydrogens (tertiary/aromatic N) is 1. The Kier molecular flexibility index (Phi) is 6.27. The monoisotopic (exact) mass is 375 g/mol. The molecule has 0 bridgehead atoms. The third kappa shape index (κ3) is 4.71. The summed E-state index contributed by atoms with van der Waals surface area (Å²) in [5.74, 6) is 1.85. The van der Waals surface area contributed by atoms with Crippen LogP contribution in [0.3, 0.4) is 0 Å². The smallest absolute Gasteiger partial charge is 0.223 e. The largest absolute Gasteiger partial charge is 0.497 e. The molecule has 25 heavy (non-hydrogen) atoms. The summed E-state index contributed by atoms with van der Waals surface area (Å²) in [5.41, 5.74) is 1.16. The summed E-state index contributed by atoms with van der Waals surface area (Å²) in [6, 6.07) is 16.0. The van der Waals surface area contributed by atoms with Crippen LogP contribution in [0.4, 0.5) is 0 Å². The van der Waals surface area contributed by atoms with Gasteiger partial charge in [0.1, 0.15) is 5.75 Å². The van der Waals surface area contributed by atoms with Crippen LogP contribution in [0, 0.1) is 0 Å². The normalized spacial score (nSPS) is 16.9. The lowest BCUT2D eigenvalue weighted by Crippen LogP contribution is -2.30. The summed E-state index contributed by atoms with van der Waals surface area (Å²) in [6.07, 6.45) is 2.62. The number of hydrogen-bond acceptors (Lipinski definition) is 3. The van der Waals surface area contributed by atoms with Gasteiger partial charge in [0, 0.05) is 28.6 Å². The number of benzene rings is 2. The van der Waals surface area contributed by atoms with Crippen LogP contribution in [0.25, 0.3) is 0 Å². The first-order valence-electron chi connectivity index (χ1n) is 8.49. The van der Waals surface area contributed by atoms with Gasteiger partial charge in [0.25, 0.3) is 0 Å². The molecule has 132 valence electrons. The van der Waals surface area contributed by atoms with Crippen molar-refractivity contribution in [1.29, 1.82) is 0 Å². The van der Waals surface area contributed by atoms with E-state index in [2.05, 4.69) is 6.07 Å². The number of halogens is 1. The minimum atomic E-state index is 0.170. The maximum Gasteiger partial charge on any atom is 0.223 e. The summed E-state index contributed by atoms with van der Waals surface area (Å²) in [6.45, 7) is 0.840. The van der Waals surface area contributed by atoms with Crippen molar-refractivity contribution in [2.45, 2.75) is 30.2 Å². The lowest BCUT2D eigenvalue weighted by atomic mass is 10.0. The molecule has 0 N–H and O–H groups in total. The quantitative estimate of drug-likeness (QED) is 0.650. The van der Waals surface area contributed by atoms with Crippen molar-refractivity contribution in [3.63, 3.8) is 0 Å². The first-order chi connectivity index (χ1) is 12.2. The van der Waals surface area contributed by atoms with Crippen molar-refractivity contribution in [3.8, 4) is 5.75 Å². The molecule has 1 heterocycles. The molecule has 0 radical (unpaired) electrons. The van der Waals surface area contributed by atoms with Gasteiger partial charge in [-0.1, -0.05) is 23.7 Å². The molecule has 0 spiro atoms. The van der Waals surface area contributed by atoms with Gasteiger partial charge >= 0.3 is 0 Å². The Morgan fingerprint density at radius 2 is 2.08 bits per heavy atom. The first-order valence-corrected chi connectivity index (χ1v) is 9.85. The highest BCUT2D eigenvalue weighted by atomic mass is 35.5. The number of hydrogen-bond donors (Lipinski definition) is 0. The van der Waals surface area contributed by atoms with Crippen LogP contribution in [0.5, 0.6) is 5.75 Å². The minimum absolute atomic E-state index is 0.170. The Bertz CT molecular complexity index is 720. The van der Waals surface area contributed by atoms with Gasteiger partial charge in [-0.3, -0.25) is 4.79 Å². The molecule has 0 aliphatic carbocycles. The predicted molar refractivity (Wildman–Crippen MR) is 103 cm³/mol. The molecule has 2 aromatic carbocycles.